The van der Waals surface area contributed by atoms with Gasteiger partial charge in [-0.2, -0.15) is 0 Å². The molecule has 0 aromatic carbocycles. The summed E-state index contributed by atoms with van der Waals surface area (Å²) in [5, 5.41) is 0. The van der Waals surface area contributed by atoms with E-state index in [1.165, 1.54) is 25.7 Å². The number of hydrogen-bond donors (Lipinski definition) is 0. The van der Waals surface area contributed by atoms with Crippen LogP contribution < -0.4 is 0 Å². The molecule has 0 aromatic heterocycles. The van der Waals surface area contributed by atoms with Crippen molar-refractivity contribution >= 4 is 6.41 Å². The molecule has 0 aliphatic carbocycles. The van der Waals surface area contributed by atoms with Crippen molar-refractivity contribution in [3.05, 3.63) is 0 Å². The van der Waals surface area contributed by atoms with Crippen molar-refractivity contribution in [1.82, 2.24) is 9.80 Å². The maximum Gasteiger partial charge on any atom is 0.209 e. The zero-order chi connectivity index (χ0) is 10.4. The van der Waals surface area contributed by atoms with Gasteiger partial charge in [0.05, 0.1) is 0 Å². The van der Waals surface area contributed by atoms with Crippen LogP contribution in [-0.2, 0) is 4.79 Å². The number of carbonyl (C=O) groups is 1. The summed E-state index contributed by atoms with van der Waals surface area (Å²) in [7, 11) is 4.19. The smallest absolute Gasteiger partial charge is 0.209 e. The van der Waals surface area contributed by atoms with Crippen LogP contribution in [-0.4, -0.2) is 49.4 Å². The molecule has 14 heavy (non-hydrogen) atoms. The predicted molar refractivity (Wildman–Crippen MR) is 58.2 cm³/mol. The molecule has 3 heteroatoms. The second-order valence-electron chi connectivity index (χ2n) is 4.44. The summed E-state index contributed by atoms with van der Waals surface area (Å²) < 4.78 is 0. The van der Waals surface area contributed by atoms with Crippen LogP contribution in [0, 0.1) is 0 Å². The number of hydrogen-bond acceptors (Lipinski definition) is 2. The summed E-state index contributed by atoms with van der Waals surface area (Å²) >= 11 is 0. The summed E-state index contributed by atoms with van der Waals surface area (Å²) in [4.78, 5) is 15.0. The van der Waals surface area contributed by atoms with E-state index in [0.717, 1.165) is 25.9 Å². The minimum Gasteiger partial charge on any atom is -0.342 e. The SMILES string of the molecule is CN(C)CCCC1CCCCN1C=O. The first kappa shape index (κ1) is 11.5. The maximum absolute atomic E-state index is 10.8. The Balaban J connectivity index is 2.23. The van der Waals surface area contributed by atoms with Crippen molar-refractivity contribution in [2.24, 2.45) is 0 Å². The molecule has 1 heterocycles. The lowest BCUT2D eigenvalue weighted by atomic mass is 9.98. The second-order valence-corrected chi connectivity index (χ2v) is 4.44. The van der Waals surface area contributed by atoms with Gasteiger partial charge in [0.15, 0.2) is 0 Å². The topological polar surface area (TPSA) is 23.6 Å². The van der Waals surface area contributed by atoms with Crippen molar-refractivity contribution < 1.29 is 4.79 Å². The van der Waals surface area contributed by atoms with Crippen LogP contribution in [0.2, 0.25) is 0 Å². The molecule has 0 bridgehead atoms. The van der Waals surface area contributed by atoms with Crippen LogP contribution in [0.3, 0.4) is 0 Å². The molecule has 0 radical (unpaired) electrons. The van der Waals surface area contributed by atoms with Gasteiger partial charge in [-0.25, -0.2) is 0 Å². The quantitative estimate of drug-likeness (QED) is 0.622. The van der Waals surface area contributed by atoms with Gasteiger partial charge < -0.3 is 9.80 Å². The summed E-state index contributed by atoms with van der Waals surface area (Å²) in [6.45, 7) is 2.10. The maximum atomic E-state index is 10.8. The Morgan fingerprint density at radius 1 is 1.43 bits per heavy atom. The van der Waals surface area contributed by atoms with E-state index in [4.69, 9.17) is 0 Å². The van der Waals surface area contributed by atoms with Crippen molar-refractivity contribution in [2.75, 3.05) is 27.2 Å². The van der Waals surface area contributed by atoms with Gasteiger partial charge in [-0.15, -0.1) is 0 Å². The minimum atomic E-state index is 0.515. The molecule has 82 valence electrons. The Kier molecular flexibility index (Phi) is 4.94. The molecule has 1 atom stereocenters. The third-order valence-electron chi connectivity index (χ3n) is 2.95. The molecule has 1 rings (SSSR count). The van der Waals surface area contributed by atoms with Gasteiger partial charge in [-0.3, -0.25) is 4.79 Å². The monoisotopic (exact) mass is 198 g/mol. The van der Waals surface area contributed by atoms with Crippen LogP contribution in [0.15, 0.2) is 0 Å². The number of rotatable bonds is 5. The third-order valence-corrected chi connectivity index (χ3v) is 2.95. The van der Waals surface area contributed by atoms with Crippen molar-refractivity contribution in [1.29, 1.82) is 0 Å². The fraction of sp³-hybridized carbons (Fsp3) is 0.909. The van der Waals surface area contributed by atoms with Gasteiger partial charge >= 0.3 is 0 Å². The summed E-state index contributed by atoms with van der Waals surface area (Å²) in [5.41, 5.74) is 0. The first-order valence-electron chi connectivity index (χ1n) is 5.60. The molecular formula is C11H22N2O. The molecule has 3 nitrogen and oxygen atoms in total. The Morgan fingerprint density at radius 3 is 2.86 bits per heavy atom. The molecule has 1 amide bonds. The fourth-order valence-corrected chi connectivity index (χ4v) is 2.11. The van der Waals surface area contributed by atoms with Gasteiger partial charge in [0.2, 0.25) is 6.41 Å². The van der Waals surface area contributed by atoms with Crippen molar-refractivity contribution in [3.63, 3.8) is 0 Å². The highest BCUT2D eigenvalue weighted by atomic mass is 16.1. The lowest BCUT2D eigenvalue weighted by molar-refractivity contribution is -0.121. The fourth-order valence-electron chi connectivity index (χ4n) is 2.11. The zero-order valence-electron chi connectivity index (χ0n) is 9.41. The largest absolute Gasteiger partial charge is 0.342 e. The minimum absolute atomic E-state index is 0.515. The number of carbonyl (C=O) groups excluding carboxylic acids is 1. The average Bonchev–Trinajstić information content (AvgIpc) is 2.18. The van der Waals surface area contributed by atoms with Gasteiger partial charge in [0.1, 0.15) is 0 Å². The van der Waals surface area contributed by atoms with Crippen molar-refractivity contribution in [3.8, 4) is 0 Å². The number of amides is 1. The van der Waals surface area contributed by atoms with E-state index in [1.54, 1.807) is 0 Å². The standard InChI is InChI=1S/C11H22N2O/c1-12(2)8-5-7-11-6-3-4-9-13(11)10-14/h10-11H,3-9H2,1-2H3. The molecule has 0 aromatic rings. The van der Waals surface area contributed by atoms with Crippen LogP contribution in [0.4, 0.5) is 0 Å². The molecule has 1 fully saturated rings. The molecule has 1 unspecified atom stereocenters. The molecule has 1 saturated heterocycles. The van der Waals surface area contributed by atoms with E-state index in [9.17, 15) is 4.79 Å². The molecule has 0 spiro atoms. The van der Waals surface area contributed by atoms with E-state index in [0.29, 0.717) is 6.04 Å². The molecule has 0 saturated carbocycles. The molecular weight excluding hydrogens is 176 g/mol. The first-order valence-corrected chi connectivity index (χ1v) is 5.60. The summed E-state index contributed by atoms with van der Waals surface area (Å²) in [6, 6.07) is 0.515. The Bertz CT molecular complexity index is 171. The first-order chi connectivity index (χ1) is 6.74. The van der Waals surface area contributed by atoms with Gasteiger partial charge in [0, 0.05) is 12.6 Å². The highest BCUT2D eigenvalue weighted by Gasteiger charge is 2.19. The van der Waals surface area contributed by atoms with E-state index in [1.807, 2.05) is 4.90 Å². The van der Waals surface area contributed by atoms with Crippen LogP contribution in [0.1, 0.15) is 32.1 Å². The molecule has 1 aliphatic heterocycles. The lowest BCUT2D eigenvalue weighted by Crippen LogP contribution is -2.38. The predicted octanol–water partition coefficient (Wildman–Crippen LogP) is 1.34. The van der Waals surface area contributed by atoms with Gasteiger partial charge in [-0.05, 0) is 52.7 Å². The molecule has 0 N–H and O–H groups in total. The van der Waals surface area contributed by atoms with Crippen LogP contribution in [0.25, 0.3) is 0 Å². The number of likely N-dealkylation sites (tertiary alicyclic amines) is 1. The Labute approximate surface area is 87.1 Å². The number of nitrogens with zero attached hydrogens (tertiary/aromatic N) is 2. The second kappa shape index (κ2) is 6.02. The van der Waals surface area contributed by atoms with Gasteiger partial charge in [0.25, 0.3) is 0 Å². The lowest BCUT2D eigenvalue weighted by Gasteiger charge is -2.33. The van der Waals surface area contributed by atoms with E-state index >= 15 is 0 Å². The summed E-state index contributed by atoms with van der Waals surface area (Å²) in [5.74, 6) is 0. The highest BCUT2D eigenvalue weighted by Crippen LogP contribution is 2.19. The average molecular weight is 198 g/mol. The highest BCUT2D eigenvalue weighted by molar-refractivity contribution is 5.47. The number of piperidine rings is 1. The third kappa shape index (κ3) is 3.66. The van der Waals surface area contributed by atoms with E-state index in [-0.39, 0.29) is 0 Å². The normalized spacial score (nSPS) is 22.8. The van der Waals surface area contributed by atoms with Crippen molar-refractivity contribution in [2.45, 2.75) is 38.1 Å². The van der Waals surface area contributed by atoms with E-state index < -0.39 is 0 Å². The molecule has 1 aliphatic rings. The van der Waals surface area contributed by atoms with Crippen LogP contribution >= 0.6 is 0 Å². The zero-order valence-corrected chi connectivity index (χ0v) is 9.41. The Morgan fingerprint density at radius 2 is 2.21 bits per heavy atom. The van der Waals surface area contributed by atoms with Crippen LogP contribution in [0.5, 0.6) is 0 Å². The van der Waals surface area contributed by atoms with Gasteiger partial charge in [-0.1, -0.05) is 0 Å². The Hall–Kier alpha value is -0.570. The summed E-state index contributed by atoms with van der Waals surface area (Å²) in [6.07, 6.45) is 7.06. The van der Waals surface area contributed by atoms with E-state index in [2.05, 4.69) is 19.0 Å².